The fourth-order valence-electron chi connectivity index (χ4n) is 1.92. The summed E-state index contributed by atoms with van der Waals surface area (Å²) < 4.78 is 5.18. The molecule has 0 saturated heterocycles. The van der Waals surface area contributed by atoms with E-state index in [2.05, 4.69) is 13.8 Å². The van der Waals surface area contributed by atoms with Crippen molar-refractivity contribution in [3.05, 3.63) is 24.0 Å². The molecule has 1 rings (SSSR count). The van der Waals surface area contributed by atoms with Crippen LogP contribution in [0.4, 0.5) is 0 Å². The fraction of sp³-hybridized carbons (Fsp3) is 0.667. The van der Waals surface area contributed by atoms with Crippen LogP contribution in [0.15, 0.2) is 24.0 Å². The Morgan fingerprint density at radius 3 is 2.94 bits per heavy atom. The van der Waals surface area contributed by atoms with E-state index in [0.717, 1.165) is 25.7 Å². The molecule has 0 heterocycles. The van der Waals surface area contributed by atoms with Gasteiger partial charge in [-0.25, -0.2) is 0 Å². The Labute approximate surface area is 110 Å². The van der Waals surface area contributed by atoms with Crippen molar-refractivity contribution in [3.63, 3.8) is 0 Å². The van der Waals surface area contributed by atoms with E-state index in [0.29, 0.717) is 30.6 Å². The zero-order valence-corrected chi connectivity index (χ0v) is 11.4. The SMILES string of the molecule is CC(C)CCCOC(=O)CCC1C=CC(O)=CC1. The van der Waals surface area contributed by atoms with E-state index in [-0.39, 0.29) is 5.97 Å². The lowest BCUT2D eigenvalue weighted by Gasteiger charge is -2.13. The van der Waals surface area contributed by atoms with Gasteiger partial charge in [0.05, 0.1) is 6.61 Å². The first-order chi connectivity index (χ1) is 8.58. The van der Waals surface area contributed by atoms with Crippen LogP contribution < -0.4 is 0 Å². The Morgan fingerprint density at radius 2 is 2.33 bits per heavy atom. The zero-order chi connectivity index (χ0) is 13.4. The Balaban J connectivity index is 2.05. The Bertz CT molecular complexity index is 316. The monoisotopic (exact) mass is 252 g/mol. The largest absolute Gasteiger partial charge is 0.508 e. The quantitative estimate of drug-likeness (QED) is 0.554. The Morgan fingerprint density at radius 1 is 1.56 bits per heavy atom. The highest BCUT2D eigenvalue weighted by Gasteiger charge is 2.11. The van der Waals surface area contributed by atoms with Crippen molar-refractivity contribution in [3.8, 4) is 0 Å². The topological polar surface area (TPSA) is 46.5 Å². The van der Waals surface area contributed by atoms with Crippen LogP contribution >= 0.6 is 0 Å². The highest BCUT2D eigenvalue weighted by Crippen LogP contribution is 2.19. The standard InChI is InChI=1S/C15H24O3/c1-12(2)4-3-11-18-15(17)10-7-13-5-8-14(16)9-6-13/h5,8-9,12-13,16H,3-4,6-7,10-11H2,1-2H3. The molecule has 1 unspecified atom stereocenters. The summed E-state index contributed by atoms with van der Waals surface area (Å²) in [5, 5.41) is 9.18. The molecule has 0 bridgehead atoms. The number of esters is 1. The van der Waals surface area contributed by atoms with Gasteiger partial charge in [0.1, 0.15) is 5.76 Å². The van der Waals surface area contributed by atoms with Crippen LogP contribution in [0, 0.1) is 11.8 Å². The van der Waals surface area contributed by atoms with Crippen LogP contribution in [0.2, 0.25) is 0 Å². The third kappa shape index (κ3) is 6.48. The fourth-order valence-corrected chi connectivity index (χ4v) is 1.92. The van der Waals surface area contributed by atoms with Gasteiger partial charge >= 0.3 is 5.97 Å². The molecule has 1 N–H and O–H groups in total. The molecule has 1 aliphatic carbocycles. The van der Waals surface area contributed by atoms with E-state index in [1.54, 1.807) is 12.2 Å². The van der Waals surface area contributed by atoms with Crippen molar-refractivity contribution in [1.29, 1.82) is 0 Å². The molecule has 0 aromatic heterocycles. The van der Waals surface area contributed by atoms with Crippen LogP contribution in [0.25, 0.3) is 0 Å². The molecule has 0 radical (unpaired) electrons. The average molecular weight is 252 g/mol. The van der Waals surface area contributed by atoms with Gasteiger partial charge in [0.2, 0.25) is 0 Å². The van der Waals surface area contributed by atoms with Crippen LogP contribution in [0.3, 0.4) is 0 Å². The molecule has 0 aromatic carbocycles. The number of allylic oxidation sites excluding steroid dienone is 3. The summed E-state index contributed by atoms with van der Waals surface area (Å²) in [6.45, 7) is 4.87. The summed E-state index contributed by atoms with van der Waals surface area (Å²) in [5.74, 6) is 1.23. The molecule has 1 aliphatic rings. The molecule has 0 fully saturated rings. The number of rotatable bonds is 7. The normalized spacial score (nSPS) is 18.8. The minimum atomic E-state index is -0.106. The van der Waals surface area contributed by atoms with Gasteiger partial charge in [0.15, 0.2) is 0 Å². The summed E-state index contributed by atoms with van der Waals surface area (Å²) in [5.41, 5.74) is 0. The summed E-state index contributed by atoms with van der Waals surface area (Å²) in [6.07, 6.45) is 9.56. The van der Waals surface area contributed by atoms with Gasteiger partial charge in [-0.1, -0.05) is 19.9 Å². The summed E-state index contributed by atoms with van der Waals surface area (Å²) in [6, 6.07) is 0. The van der Waals surface area contributed by atoms with Crippen molar-refractivity contribution in [2.24, 2.45) is 11.8 Å². The number of aliphatic hydroxyl groups excluding tert-OH is 1. The molecule has 0 aliphatic heterocycles. The molecular weight excluding hydrogens is 228 g/mol. The minimum absolute atomic E-state index is 0.106. The lowest BCUT2D eigenvalue weighted by molar-refractivity contribution is -0.144. The number of hydrogen-bond acceptors (Lipinski definition) is 3. The molecular formula is C15H24O3. The summed E-state index contributed by atoms with van der Waals surface area (Å²) >= 11 is 0. The van der Waals surface area contributed by atoms with Crippen molar-refractivity contribution >= 4 is 5.97 Å². The van der Waals surface area contributed by atoms with Gasteiger partial charge in [0.25, 0.3) is 0 Å². The number of carbonyl (C=O) groups is 1. The number of hydrogen-bond donors (Lipinski definition) is 1. The van der Waals surface area contributed by atoms with Crippen LogP contribution in [0.5, 0.6) is 0 Å². The maximum absolute atomic E-state index is 11.5. The molecule has 102 valence electrons. The first-order valence-corrected chi connectivity index (χ1v) is 6.81. The van der Waals surface area contributed by atoms with E-state index in [9.17, 15) is 9.90 Å². The second kappa shape index (κ2) is 7.96. The van der Waals surface area contributed by atoms with Gasteiger partial charge < -0.3 is 9.84 Å². The maximum atomic E-state index is 11.5. The first kappa shape index (κ1) is 14.8. The molecule has 0 amide bonds. The van der Waals surface area contributed by atoms with E-state index in [1.165, 1.54) is 0 Å². The van der Waals surface area contributed by atoms with E-state index in [4.69, 9.17) is 4.74 Å². The maximum Gasteiger partial charge on any atom is 0.305 e. The van der Waals surface area contributed by atoms with Crippen molar-refractivity contribution in [2.45, 2.75) is 46.0 Å². The second-order valence-electron chi connectivity index (χ2n) is 5.28. The van der Waals surface area contributed by atoms with E-state index in [1.807, 2.05) is 6.08 Å². The van der Waals surface area contributed by atoms with Crippen molar-refractivity contribution in [1.82, 2.24) is 0 Å². The van der Waals surface area contributed by atoms with Crippen LogP contribution in [0.1, 0.15) is 46.0 Å². The average Bonchev–Trinajstić information content (AvgIpc) is 2.34. The van der Waals surface area contributed by atoms with Crippen LogP contribution in [-0.4, -0.2) is 17.7 Å². The number of aliphatic hydroxyl groups is 1. The van der Waals surface area contributed by atoms with Crippen molar-refractivity contribution in [2.75, 3.05) is 6.61 Å². The minimum Gasteiger partial charge on any atom is -0.508 e. The van der Waals surface area contributed by atoms with Gasteiger partial charge in [-0.2, -0.15) is 0 Å². The lowest BCUT2D eigenvalue weighted by Crippen LogP contribution is -2.09. The molecule has 0 aromatic rings. The van der Waals surface area contributed by atoms with E-state index >= 15 is 0 Å². The molecule has 1 atom stereocenters. The summed E-state index contributed by atoms with van der Waals surface area (Å²) in [4.78, 5) is 11.5. The van der Waals surface area contributed by atoms with Gasteiger partial charge in [-0.3, -0.25) is 4.79 Å². The zero-order valence-electron chi connectivity index (χ0n) is 11.4. The lowest BCUT2D eigenvalue weighted by atomic mass is 9.95. The number of carbonyl (C=O) groups excluding carboxylic acids is 1. The third-order valence-electron chi connectivity index (χ3n) is 3.08. The smallest absolute Gasteiger partial charge is 0.305 e. The predicted octanol–water partition coefficient (Wildman–Crippen LogP) is 3.76. The molecule has 3 heteroatoms. The van der Waals surface area contributed by atoms with Crippen LogP contribution in [-0.2, 0) is 9.53 Å². The molecule has 3 nitrogen and oxygen atoms in total. The molecule has 18 heavy (non-hydrogen) atoms. The van der Waals surface area contributed by atoms with Gasteiger partial charge in [-0.05, 0) is 49.7 Å². The van der Waals surface area contributed by atoms with Gasteiger partial charge in [-0.15, -0.1) is 0 Å². The predicted molar refractivity (Wildman–Crippen MR) is 72.2 cm³/mol. The Kier molecular flexibility index (Phi) is 6.55. The first-order valence-electron chi connectivity index (χ1n) is 6.81. The summed E-state index contributed by atoms with van der Waals surface area (Å²) in [7, 11) is 0. The third-order valence-corrected chi connectivity index (χ3v) is 3.08. The molecule has 0 saturated carbocycles. The van der Waals surface area contributed by atoms with Crippen molar-refractivity contribution < 1.29 is 14.6 Å². The highest BCUT2D eigenvalue weighted by atomic mass is 16.5. The van der Waals surface area contributed by atoms with Gasteiger partial charge in [0, 0.05) is 6.42 Å². The second-order valence-corrected chi connectivity index (χ2v) is 5.28. The number of ether oxygens (including phenoxy) is 1. The highest BCUT2D eigenvalue weighted by molar-refractivity contribution is 5.69. The Hall–Kier alpha value is -1.25. The van der Waals surface area contributed by atoms with E-state index < -0.39 is 0 Å². The molecule has 0 spiro atoms.